The largest absolute Gasteiger partial charge is 0.384 e. The number of hydrogen-bond acceptors (Lipinski definition) is 4. The Kier molecular flexibility index (Phi) is 4.04. The van der Waals surface area contributed by atoms with E-state index in [0.717, 1.165) is 36.6 Å². The quantitative estimate of drug-likeness (QED) is 0.853. The third-order valence-electron chi connectivity index (χ3n) is 6.41. The Balaban J connectivity index is 1.37. The van der Waals surface area contributed by atoms with Crippen LogP contribution in [0.5, 0.6) is 0 Å². The van der Waals surface area contributed by atoms with Crippen LogP contribution < -0.4 is 0 Å². The van der Waals surface area contributed by atoms with Gasteiger partial charge in [-0.1, -0.05) is 30.3 Å². The summed E-state index contributed by atoms with van der Waals surface area (Å²) in [5.41, 5.74) is 0.839. The van der Waals surface area contributed by atoms with Crippen molar-refractivity contribution in [2.75, 3.05) is 26.8 Å². The van der Waals surface area contributed by atoms with Gasteiger partial charge in [0.05, 0.1) is 12.0 Å². The number of nitrogens with zero attached hydrogens (tertiary/aromatic N) is 3. The van der Waals surface area contributed by atoms with Gasteiger partial charge >= 0.3 is 0 Å². The zero-order valence-corrected chi connectivity index (χ0v) is 15.7. The lowest BCUT2D eigenvalue weighted by Gasteiger charge is -2.23. The van der Waals surface area contributed by atoms with Crippen molar-refractivity contribution in [3.05, 3.63) is 47.5 Å². The Morgan fingerprint density at radius 2 is 2.04 bits per heavy atom. The number of hydrogen-bond donors (Lipinski definition) is 1. The van der Waals surface area contributed by atoms with Gasteiger partial charge in [-0.2, -0.15) is 5.10 Å². The van der Waals surface area contributed by atoms with Gasteiger partial charge in [-0.15, -0.1) is 0 Å². The zero-order chi connectivity index (χ0) is 18.4. The van der Waals surface area contributed by atoms with Crippen molar-refractivity contribution in [3.8, 4) is 0 Å². The molecule has 2 saturated carbocycles. The molecule has 6 nitrogen and oxygen atoms in total. The molecule has 1 amide bonds. The molecule has 2 heterocycles. The molecule has 0 bridgehead atoms. The standard InChI is InChI=1S/C21H26N4O2/c1-27-13-15-11-25(12-17(15)19-22-18(23-24-19)14-7-8-14)20(26)21(9-10-21)16-5-3-2-4-6-16/h2-6,14-15,17H,7-13H2,1H3,(H,22,23,24)/t15-,17+/m0/s1. The minimum absolute atomic E-state index is 0.167. The van der Waals surface area contributed by atoms with Crippen molar-refractivity contribution in [2.45, 2.75) is 42.9 Å². The summed E-state index contributed by atoms with van der Waals surface area (Å²) in [5, 5.41) is 7.56. The Bertz CT molecular complexity index is 826. The third kappa shape index (κ3) is 2.96. The number of ether oxygens (including phenoxy) is 1. The van der Waals surface area contributed by atoms with Crippen LogP contribution >= 0.6 is 0 Å². The van der Waals surface area contributed by atoms with E-state index in [2.05, 4.69) is 22.3 Å². The van der Waals surface area contributed by atoms with Crippen LogP contribution in [0.4, 0.5) is 0 Å². The topological polar surface area (TPSA) is 71.1 Å². The molecular formula is C21H26N4O2. The highest BCUT2D eigenvalue weighted by atomic mass is 16.5. The molecule has 1 N–H and O–H groups in total. The molecule has 1 aromatic carbocycles. The van der Waals surface area contributed by atoms with Crippen LogP contribution in [0.1, 0.15) is 54.7 Å². The van der Waals surface area contributed by atoms with E-state index in [-0.39, 0.29) is 23.2 Å². The van der Waals surface area contributed by atoms with Gasteiger partial charge in [0.2, 0.25) is 5.91 Å². The van der Waals surface area contributed by atoms with E-state index in [1.54, 1.807) is 7.11 Å². The predicted octanol–water partition coefficient (Wildman–Crippen LogP) is 2.60. The summed E-state index contributed by atoms with van der Waals surface area (Å²) in [6.07, 6.45) is 4.27. The smallest absolute Gasteiger partial charge is 0.233 e. The van der Waals surface area contributed by atoms with Gasteiger partial charge in [0.25, 0.3) is 0 Å². The summed E-state index contributed by atoms with van der Waals surface area (Å²) in [4.78, 5) is 20.2. The van der Waals surface area contributed by atoms with E-state index in [4.69, 9.17) is 9.72 Å². The average molecular weight is 366 g/mol. The first-order valence-corrected chi connectivity index (χ1v) is 9.97. The maximum Gasteiger partial charge on any atom is 0.233 e. The van der Waals surface area contributed by atoms with E-state index in [1.807, 2.05) is 23.1 Å². The highest BCUT2D eigenvalue weighted by Gasteiger charge is 2.54. The normalized spacial score (nSPS) is 26.3. The molecular weight excluding hydrogens is 340 g/mol. The van der Waals surface area contributed by atoms with Crippen molar-refractivity contribution in [1.82, 2.24) is 20.1 Å². The van der Waals surface area contributed by atoms with Gasteiger partial charge in [-0.3, -0.25) is 9.89 Å². The number of carbonyl (C=O) groups is 1. The van der Waals surface area contributed by atoms with Crippen LogP contribution in [0.15, 0.2) is 30.3 Å². The molecule has 27 heavy (non-hydrogen) atoms. The van der Waals surface area contributed by atoms with E-state index in [1.165, 1.54) is 12.8 Å². The van der Waals surface area contributed by atoms with Gasteiger partial charge in [-0.05, 0) is 31.2 Å². The number of aromatic nitrogens is 3. The van der Waals surface area contributed by atoms with Crippen molar-refractivity contribution in [1.29, 1.82) is 0 Å². The number of methoxy groups -OCH3 is 1. The first-order chi connectivity index (χ1) is 13.2. The number of H-pyrrole nitrogens is 1. The fourth-order valence-corrected chi connectivity index (χ4v) is 4.52. The van der Waals surface area contributed by atoms with Crippen molar-refractivity contribution < 1.29 is 9.53 Å². The molecule has 1 aromatic heterocycles. The molecule has 0 radical (unpaired) electrons. The Labute approximate surface area is 159 Å². The number of rotatable bonds is 6. The monoisotopic (exact) mass is 366 g/mol. The fraction of sp³-hybridized carbons (Fsp3) is 0.571. The molecule has 0 unspecified atom stereocenters. The van der Waals surface area contributed by atoms with Crippen molar-refractivity contribution in [2.24, 2.45) is 5.92 Å². The van der Waals surface area contributed by atoms with Gasteiger partial charge < -0.3 is 9.64 Å². The summed E-state index contributed by atoms with van der Waals surface area (Å²) < 4.78 is 5.46. The molecule has 2 atom stereocenters. The maximum absolute atomic E-state index is 13.4. The summed E-state index contributed by atoms with van der Waals surface area (Å²) in [5.74, 6) is 3.07. The lowest BCUT2D eigenvalue weighted by atomic mass is 9.94. The number of nitrogens with one attached hydrogen (secondary N) is 1. The Morgan fingerprint density at radius 3 is 2.70 bits per heavy atom. The summed E-state index contributed by atoms with van der Waals surface area (Å²) in [6, 6.07) is 10.2. The van der Waals surface area contributed by atoms with Gasteiger partial charge in [0.1, 0.15) is 5.82 Å². The Morgan fingerprint density at radius 1 is 1.26 bits per heavy atom. The molecule has 142 valence electrons. The SMILES string of the molecule is COC[C@@H]1CN(C(=O)C2(c3ccccc3)CC2)C[C@H]1c1nc(C2CC2)n[nH]1. The molecule has 3 aliphatic rings. The molecule has 5 rings (SSSR count). The zero-order valence-electron chi connectivity index (χ0n) is 15.7. The van der Waals surface area contributed by atoms with Gasteiger partial charge in [0.15, 0.2) is 5.82 Å². The minimum atomic E-state index is -0.311. The molecule has 0 spiro atoms. The first kappa shape index (κ1) is 16.9. The second-order valence-corrected chi connectivity index (χ2v) is 8.33. The first-order valence-electron chi connectivity index (χ1n) is 9.97. The van der Waals surface area contributed by atoms with E-state index in [0.29, 0.717) is 19.1 Å². The third-order valence-corrected chi connectivity index (χ3v) is 6.41. The van der Waals surface area contributed by atoms with Crippen molar-refractivity contribution >= 4 is 5.91 Å². The number of carbonyl (C=O) groups excluding carboxylic acids is 1. The van der Waals surface area contributed by atoms with E-state index < -0.39 is 0 Å². The molecule has 1 saturated heterocycles. The number of benzene rings is 1. The van der Waals surface area contributed by atoms with Crippen LogP contribution in [0, 0.1) is 5.92 Å². The second kappa shape index (κ2) is 6.44. The Hall–Kier alpha value is -2.21. The fourth-order valence-electron chi connectivity index (χ4n) is 4.52. The van der Waals surface area contributed by atoms with Crippen LogP contribution in [0.3, 0.4) is 0 Å². The van der Waals surface area contributed by atoms with Crippen LogP contribution in [-0.2, 0) is 14.9 Å². The molecule has 2 aromatic rings. The summed E-state index contributed by atoms with van der Waals surface area (Å²) in [7, 11) is 1.73. The molecule has 3 fully saturated rings. The van der Waals surface area contributed by atoms with Crippen molar-refractivity contribution in [3.63, 3.8) is 0 Å². The van der Waals surface area contributed by atoms with Gasteiger partial charge in [0, 0.05) is 38.0 Å². The number of aromatic amines is 1. The number of likely N-dealkylation sites (tertiary alicyclic amines) is 1. The summed E-state index contributed by atoms with van der Waals surface area (Å²) >= 11 is 0. The highest BCUT2D eigenvalue weighted by molar-refractivity contribution is 5.91. The van der Waals surface area contributed by atoms with Crippen LogP contribution in [0.25, 0.3) is 0 Å². The minimum Gasteiger partial charge on any atom is -0.384 e. The van der Waals surface area contributed by atoms with Crippen LogP contribution in [-0.4, -0.2) is 52.8 Å². The maximum atomic E-state index is 13.4. The molecule has 2 aliphatic carbocycles. The van der Waals surface area contributed by atoms with Gasteiger partial charge in [-0.25, -0.2) is 4.98 Å². The van der Waals surface area contributed by atoms with Crippen LogP contribution in [0.2, 0.25) is 0 Å². The highest BCUT2D eigenvalue weighted by Crippen LogP contribution is 2.50. The molecule has 6 heteroatoms. The predicted molar refractivity (Wildman–Crippen MR) is 100 cm³/mol. The lowest BCUT2D eigenvalue weighted by molar-refractivity contribution is -0.133. The lowest BCUT2D eigenvalue weighted by Crippen LogP contribution is -2.38. The number of amides is 1. The molecule has 1 aliphatic heterocycles. The summed E-state index contributed by atoms with van der Waals surface area (Å²) in [6.45, 7) is 2.05. The average Bonchev–Trinajstić information content (AvgIpc) is 3.61. The van der Waals surface area contributed by atoms with E-state index in [9.17, 15) is 4.79 Å². The van der Waals surface area contributed by atoms with E-state index >= 15 is 0 Å². The second-order valence-electron chi connectivity index (χ2n) is 8.33.